The third kappa shape index (κ3) is 0.755. The normalized spacial score (nSPS) is 47.2. The van der Waals surface area contributed by atoms with Gasteiger partial charge in [0.25, 0.3) is 0 Å². The summed E-state index contributed by atoms with van der Waals surface area (Å²) < 4.78 is -0.397. The first-order valence-electron chi connectivity index (χ1n) is 5.50. The van der Waals surface area contributed by atoms with E-state index >= 15 is 0 Å². The molecule has 3 aliphatic carbocycles. The van der Waals surface area contributed by atoms with Crippen molar-refractivity contribution in [3.63, 3.8) is 0 Å². The quantitative estimate of drug-likeness (QED) is 0.762. The molecule has 1 N–H and O–H groups in total. The molecule has 4 bridgehead atoms. The highest BCUT2D eigenvalue weighted by Crippen LogP contribution is 2.69. The van der Waals surface area contributed by atoms with Gasteiger partial charge in [0.2, 0.25) is 0 Å². The molecular weight excluding hydrogens is 196 g/mol. The van der Waals surface area contributed by atoms with E-state index in [4.69, 9.17) is 0 Å². The van der Waals surface area contributed by atoms with Crippen LogP contribution in [-0.4, -0.2) is 22.1 Å². The second-order valence-electron chi connectivity index (χ2n) is 5.00. The summed E-state index contributed by atoms with van der Waals surface area (Å²) in [5.41, 5.74) is 0. The van der Waals surface area contributed by atoms with Crippen molar-refractivity contribution < 1.29 is 9.90 Å². The van der Waals surface area contributed by atoms with E-state index in [2.05, 4.69) is 0 Å². The number of carboxylic acids is 1. The molecule has 3 fully saturated rings. The van der Waals surface area contributed by atoms with Crippen molar-refractivity contribution in [3.8, 4) is 0 Å². The molecule has 3 rings (SSSR count). The SMILES string of the molecule is CSC1(C(=O)O)[C@H]2CC[C@H]3[C@@H]2CC[C@@H]31. The Bertz CT molecular complexity index is 271. The standard InChI is InChI=1S/C11H16O2S/c1-14-11(10(12)13)8-4-2-6-7(8)3-5-9(6)11/h6-9H,2-5H2,1H3,(H,12,13)/t6-,7-,8-,9-/m0/s1. The Hall–Kier alpha value is -0.180. The van der Waals surface area contributed by atoms with Gasteiger partial charge in [-0.05, 0) is 55.6 Å². The zero-order valence-corrected chi connectivity index (χ0v) is 9.22. The van der Waals surface area contributed by atoms with Crippen molar-refractivity contribution >= 4 is 17.7 Å². The molecule has 0 aromatic heterocycles. The van der Waals surface area contributed by atoms with Crippen molar-refractivity contribution in [3.05, 3.63) is 0 Å². The highest BCUT2D eigenvalue weighted by atomic mass is 32.2. The second kappa shape index (κ2) is 2.69. The van der Waals surface area contributed by atoms with Crippen molar-refractivity contribution in [1.82, 2.24) is 0 Å². The minimum absolute atomic E-state index is 0.397. The summed E-state index contributed by atoms with van der Waals surface area (Å²) >= 11 is 1.61. The molecule has 3 saturated carbocycles. The lowest BCUT2D eigenvalue weighted by Crippen LogP contribution is -2.48. The fraction of sp³-hybridized carbons (Fsp3) is 0.909. The Morgan fingerprint density at radius 1 is 1.21 bits per heavy atom. The van der Waals surface area contributed by atoms with Crippen LogP contribution >= 0.6 is 11.8 Å². The Balaban J connectivity index is 2.05. The number of carbonyl (C=O) groups is 1. The number of aliphatic carboxylic acids is 1. The van der Waals surface area contributed by atoms with E-state index < -0.39 is 10.7 Å². The van der Waals surface area contributed by atoms with Gasteiger partial charge in [0, 0.05) is 0 Å². The highest BCUT2D eigenvalue weighted by molar-refractivity contribution is 8.00. The zero-order valence-electron chi connectivity index (χ0n) is 8.40. The average molecular weight is 212 g/mol. The minimum atomic E-state index is -0.535. The molecule has 3 heteroatoms. The summed E-state index contributed by atoms with van der Waals surface area (Å²) in [6.45, 7) is 0. The summed E-state index contributed by atoms with van der Waals surface area (Å²) in [6.07, 6.45) is 6.92. The maximum absolute atomic E-state index is 11.5. The van der Waals surface area contributed by atoms with Gasteiger partial charge in [0.15, 0.2) is 0 Å². The average Bonchev–Trinajstić information content (AvgIpc) is 2.80. The Morgan fingerprint density at radius 2 is 1.71 bits per heavy atom. The van der Waals surface area contributed by atoms with Crippen LogP contribution in [0.4, 0.5) is 0 Å². The van der Waals surface area contributed by atoms with Gasteiger partial charge < -0.3 is 5.11 Å². The molecule has 0 spiro atoms. The molecule has 0 saturated heterocycles. The molecular formula is C11H16O2S. The number of thioether (sulfide) groups is 1. The molecule has 3 aliphatic rings. The first-order valence-corrected chi connectivity index (χ1v) is 6.73. The summed E-state index contributed by atoms with van der Waals surface area (Å²) in [5, 5.41) is 9.49. The molecule has 0 unspecified atom stereocenters. The van der Waals surface area contributed by atoms with Crippen LogP contribution in [0.1, 0.15) is 25.7 Å². The monoisotopic (exact) mass is 212 g/mol. The van der Waals surface area contributed by atoms with Crippen molar-refractivity contribution in [2.75, 3.05) is 6.26 Å². The van der Waals surface area contributed by atoms with E-state index in [1.807, 2.05) is 6.26 Å². The summed E-state index contributed by atoms with van der Waals surface area (Å²) in [4.78, 5) is 11.5. The van der Waals surface area contributed by atoms with E-state index in [0.717, 1.165) is 11.8 Å². The molecule has 0 radical (unpaired) electrons. The number of carboxylic acid groups (broad SMARTS) is 1. The Labute approximate surface area is 88.5 Å². The molecule has 2 nitrogen and oxygen atoms in total. The van der Waals surface area contributed by atoms with Gasteiger partial charge in [-0.2, -0.15) is 0 Å². The van der Waals surface area contributed by atoms with E-state index in [-0.39, 0.29) is 0 Å². The zero-order chi connectivity index (χ0) is 9.92. The summed E-state index contributed by atoms with van der Waals surface area (Å²) in [7, 11) is 0. The number of hydrogen-bond acceptors (Lipinski definition) is 2. The van der Waals surface area contributed by atoms with Gasteiger partial charge in [0.1, 0.15) is 4.75 Å². The Morgan fingerprint density at radius 3 is 2.00 bits per heavy atom. The lowest BCUT2D eigenvalue weighted by atomic mass is 9.74. The van der Waals surface area contributed by atoms with Crippen molar-refractivity contribution in [1.29, 1.82) is 0 Å². The van der Waals surface area contributed by atoms with E-state index in [9.17, 15) is 9.90 Å². The van der Waals surface area contributed by atoms with Crippen LogP contribution in [-0.2, 0) is 4.79 Å². The van der Waals surface area contributed by atoms with Gasteiger partial charge in [-0.3, -0.25) is 4.79 Å². The van der Waals surface area contributed by atoms with Crippen LogP contribution in [0.2, 0.25) is 0 Å². The third-order valence-corrected chi connectivity index (χ3v) is 6.43. The van der Waals surface area contributed by atoms with Gasteiger partial charge >= 0.3 is 5.97 Å². The van der Waals surface area contributed by atoms with E-state index in [0.29, 0.717) is 11.8 Å². The lowest BCUT2D eigenvalue weighted by Gasteiger charge is -2.40. The molecule has 0 aromatic rings. The van der Waals surface area contributed by atoms with Gasteiger partial charge in [-0.15, -0.1) is 11.8 Å². The summed E-state index contributed by atoms with van der Waals surface area (Å²) in [6, 6.07) is 0. The van der Waals surface area contributed by atoms with E-state index in [1.165, 1.54) is 25.7 Å². The maximum atomic E-state index is 11.5. The smallest absolute Gasteiger partial charge is 0.320 e. The van der Waals surface area contributed by atoms with Crippen LogP contribution in [0, 0.1) is 23.7 Å². The van der Waals surface area contributed by atoms with Gasteiger partial charge in [-0.25, -0.2) is 0 Å². The van der Waals surface area contributed by atoms with Gasteiger partial charge in [0.05, 0.1) is 0 Å². The topological polar surface area (TPSA) is 37.3 Å². The lowest BCUT2D eigenvalue weighted by molar-refractivity contribution is -0.143. The third-order valence-electron chi connectivity index (χ3n) is 4.98. The maximum Gasteiger partial charge on any atom is 0.320 e. The largest absolute Gasteiger partial charge is 0.480 e. The fourth-order valence-electron chi connectivity index (χ4n) is 4.65. The van der Waals surface area contributed by atoms with Gasteiger partial charge in [-0.1, -0.05) is 0 Å². The second-order valence-corrected chi connectivity index (χ2v) is 6.08. The van der Waals surface area contributed by atoms with Crippen LogP contribution in [0.25, 0.3) is 0 Å². The van der Waals surface area contributed by atoms with Crippen LogP contribution in [0.3, 0.4) is 0 Å². The molecule has 0 heterocycles. The molecule has 0 aliphatic heterocycles. The molecule has 0 amide bonds. The fourth-order valence-corrected chi connectivity index (χ4v) is 6.01. The molecule has 4 atom stereocenters. The first kappa shape index (κ1) is 9.08. The van der Waals surface area contributed by atoms with Crippen LogP contribution in [0.5, 0.6) is 0 Å². The Kier molecular flexibility index (Phi) is 1.74. The summed E-state index contributed by atoms with van der Waals surface area (Å²) in [5.74, 6) is 1.94. The van der Waals surface area contributed by atoms with Crippen molar-refractivity contribution in [2.45, 2.75) is 30.4 Å². The first-order chi connectivity index (χ1) is 6.71. The van der Waals surface area contributed by atoms with Crippen LogP contribution < -0.4 is 0 Å². The predicted octanol–water partition coefficient (Wildman–Crippen LogP) is 2.24. The highest BCUT2D eigenvalue weighted by Gasteiger charge is 2.69. The predicted molar refractivity (Wildman–Crippen MR) is 56.3 cm³/mol. The minimum Gasteiger partial charge on any atom is -0.480 e. The van der Waals surface area contributed by atoms with Crippen LogP contribution in [0.15, 0.2) is 0 Å². The van der Waals surface area contributed by atoms with E-state index in [1.54, 1.807) is 11.8 Å². The number of rotatable bonds is 2. The molecule has 78 valence electrons. The number of hydrogen-bond donors (Lipinski definition) is 1. The van der Waals surface area contributed by atoms with Crippen molar-refractivity contribution in [2.24, 2.45) is 23.7 Å². The molecule has 14 heavy (non-hydrogen) atoms. The molecule has 0 aromatic carbocycles.